The summed E-state index contributed by atoms with van der Waals surface area (Å²) in [6, 6.07) is -2.57. The lowest BCUT2D eigenvalue weighted by molar-refractivity contribution is -0.140. The van der Waals surface area contributed by atoms with E-state index in [0.29, 0.717) is 11.7 Å². The molecule has 0 spiro atoms. The van der Waals surface area contributed by atoms with E-state index in [1.165, 1.54) is 6.20 Å². The SMILES string of the molecule is Cc1cnc(C(C)NC(=O)N[C@H](CO)C(=O)O)o1. The zero-order valence-corrected chi connectivity index (χ0v) is 10.0. The summed E-state index contributed by atoms with van der Waals surface area (Å²) in [6.07, 6.45) is 1.51. The Kier molecular flexibility index (Phi) is 4.67. The Bertz CT molecular complexity index is 431. The molecule has 1 heterocycles. The van der Waals surface area contributed by atoms with Crippen LogP contribution in [0.15, 0.2) is 10.6 Å². The molecule has 4 N–H and O–H groups in total. The summed E-state index contributed by atoms with van der Waals surface area (Å²) >= 11 is 0. The molecule has 0 aliphatic heterocycles. The highest BCUT2D eigenvalue weighted by molar-refractivity contribution is 5.82. The van der Waals surface area contributed by atoms with Gasteiger partial charge in [0.15, 0.2) is 6.04 Å². The van der Waals surface area contributed by atoms with Crippen molar-refractivity contribution < 1.29 is 24.2 Å². The van der Waals surface area contributed by atoms with Crippen molar-refractivity contribution in [3.8, 4) is 0 Å². The number of carboxylic acid groups (broad SMARTS) is 1. The van der Waals surface area contributed by atoms with Gasteiger partial charge >= 0.3 is 12.0 Å². The fourth-order valence-corrected chi connectivity index (χ4v) is 1.22. The van der Waals surface area contributed by atoms with E-state index in [1.54, 1.807) is 13.8 Å². The summed E-state index contributed by atoms with van der Waals surface area (Å²) in [5.74, 6) is -0.386. The molecule has 0 aliphatic carbocycles. The van der Waals surface area contributed by atoms with E-state index in [4.69, 9.17) is 14.6 Å². The highest BCUT2D eigenvalue weighted by atomic mass is 16.4. The second-order valence-corrected chi connectivity index (χ2v) is 3.72. The van der Waals surface area contributed by atoms with Crippen LogP contribution in [-0.4, -0.2) is 39.8 Å². The largest absolute Gasteiger partial charge is 0.480 e. The van der Waals surface area contributed by atoms with Gasteiger partial charge < -0.3 is 25.3 Å². The molecule has 0 saturated carbocycles. The summed E-state index contributed by atoms with van der Waals surface area (Å²) in [5.41, 5.74) is 0. The number of oxazole rings is 1. The van der Waals surface area contributed by atoms with Gasteiger partial charge in [-0.25, -0.2) is 14.6 Å². The number of nitrogens with one attached hydrogen (secondary N) is 2. The summed E-state index contributed by atoms with van der Waals surface area (Å²) in [5, 5.41) is 21.9. The lowest BCUT2D eigenvalue weighted by Crippen LogP contribution is -2.48. The van der Waals surface area contributed by atoms with E-state index >= 15 is 0 Å². The monoisotopic (exact) mass is 257 g/mol. The number of amides is 2. The molecular formula is C10H15N3O5. The van der Waals surface area contributed by atoms with E-state index in [1.807, 2.05) is 0 Å². The molecule has 0 saturated heterocycles. The van der Waals surface area contributed by atoms with Crippen molar-refractivity contribution in [2.45, 2.75) is 25.9 Å². The van der Waals surface area contributed by atoms with Crippen molar-refractivity contribution >= 4 is 12.0 Å². The van der Waals surface area contributed by atoms with Crippen molar-refractivity contribution in [3.05, 3.63) is 17.8 Å². The van der Waals surface area contributed by atoms with Gasteiger partial charge in [-0.2, -0.15) is 0 Å². The number of hydrogen-bond acceptors (Lipinski definition) is 5. The molecule has 1 unspecified atom stereocenters. The molecule has 0 fully saturated rings. The van der Waals surface area contributed by atoms with E-state index < -0.39 is 30.7 Å². The topological polar surface area (TPSA) is 125 Å². The molecule has 0 bridgehead atoms. The predicted molar refractivity (Wildman–Crippen MR) is 59.8 cm³/mol. The Balaban J connectivity index is 2.52. The Morgan fingerprint density at radius 3 is 2.61 bits per heavy atom. The number of carbonyl (C=O) groups excluding carboxylic acids is 1. The number of aliphatic hydroxyl groups is 1. The van der Waals surface area contributed by atoms with Crippen LogP contribution in [-0.2, 0) is 4.79 Å². The molecule has 1 aromatic rings. The van der Waals surface area contributed by atoms with E-state index in [0.717, 1.165) is 0 Å². The zero-order valence-electron chi connectivity index (χ0n) is 10.0. The number of carbonyl (C=O) groups is 2. The fourth-order valence-electron chi connectivity index (χ4n) is 1.22. The lowest BCUT2D eigenvalue weighted by Gasteiger charge is -2.15. The zero-order chi connectivity index (χ0) is 13.7. The third-order valence-electron chi connectivity index (χ3n) is 2.14. The first-order valence-electron chi connectivity index (χ1n) is 5.27. The van der Waals surface area contributed by atoms with Crippen LogP contribution in [0.1, 0.15) is 24.6 Å². The molecule has 1 aromatic heterocycles. The number of aliphatic hydroxyl groups excluding tert-OH is 1. The van der Waals surface area contributed by atoms with Crippen LogP contribution in [0.2, 0.25) is 0 Å². The van der Waals surface area contributed by atoms with Gasteiger partial charge in [0.25, 0.3) is 0 Å². The normalized spacial score (nSPS) is 13.7. The van der Waals surface area contributed by atoms with Crippen molar-refractivity contribution in [1.82, 2.24) is 15.6 Å². The van der Waals surface area contributed by atoms with Crippen molar-refractivity contribution in [1.29, 1.82) is 0 Å². The number of aliphatic carboxylic acids is 1. The van der Waals surface area contributed by atoms with E-state index in [-0.39, 0.29) is 0 Å². The number of rotatable bonds is 5. The molecule has 2 atom stereocenters. The number of urea groups is 1. The number of aryl methyl sites for hydroxylation is 1. The van der Waals surface area contributed by atoms with Gasteiger partial charge in [0.05, 0.1) is 12.8 Å². The predicted octanol–water partition coefficient (Wildman–Crippen LogP) is -0.211. The minimum Gasteiger partial charge on any atom is -0.480 e. The molecule has 0 aliphatic rings. The molecule has 8 heteroatoms. The summed E-state index contributed by atoms with van der Waals surface area (Å²) in [7, 11) is 0. The van der Waals surface area contributed by atoms with Crippen LogP contribution >= 0.6 is 0 Å². The van der Waals surface area contributed by atoms with Gasteiger partial charge in [-0.05, 0) is 13.8 Å². The highest BCUT2D eigenvalue weighted by Crippen LogP contribution is 2.11. The van der Waals surface area contributed by atoms with Crippen molar-refractivity contribution in [2.75, 3.05) is 6.61 Å². The molecule has 0 radical (unpaired) electrons. The molecule has 8 nitrogen and oxygen atoms in total. The molecule has 100 valence electrons. The number of hydrogen-bond donors (Lipinski definition) is 4. The maximum absolute atomic E-state index is 11.4. The first kappa shape index (κ1) is 14.0. The number of nitrogens with zero attached hydrogens (tertiary/aromatic N) is 1. The molecule has 1 rings (SSSR count). The van der Waals surface area contributed by atoms with E-state index in [9.17, 15) is 9.59 Å². The summed E-state index contributed by atoms with van der Waals surface area (Å²) < 4.78 is 5.21. The average Bonchev–Trinajstić information content (AvgIpc) is 2.72. The molecule has 18 heavy (non-hydrogen) atoms. The smallest absolute Gasteiger partial charge is 0.328 e. The molecular weight excluding hydrogens is 242 g/mol. The quantitative estimate of drug-likeness (QED) is 0.578. The minimum absolute atomic E-state index is 0.318. The second-order valence-electron chi connectivity index (χ2n) is 3.72. The van der Waals surface area contributed by atoms with Crippen LogP contribution in [0, 0.1) is 6.92 Å². The number of aromatic nitrogens is 1. The second kappa shape index (κ2) is 6.01. The van der Waals surface area contributed by atoms with E-state index in [2.05, 4.69) is 15.6 Å². The molecule has 0 aromatic carbocycles. The lowest BCUT2D eigenvalue weighted by atomic mass is 10.3. The third-order valence-corrected chi connectivity index (χ3v) is 2.14. The maximum Gasteiger partial charge on any atom is 0.328 e. The van der Waals surface area contributed by atoms with Gasteiger partial charge in [0.1, 0.15) is 11.8 Å². The van der Waals surface area contributed by atoms with Crippen LogP contribution in [0.3, 0.4) is 0 Å². The Labute approximate surface area is 103 Å². The average molecular weight is 257 g/mol. The first-order chi connectivity index (χ1) is 8.43. The van der Waals surface area contributed by atoms with Crippen LogP contribution in [0.5, 0.6) is 0 Å². The number of carboxylic acids is 1. The fraction of sp³-hybridized carbons (Fsp3) is 0.500. The van der Waals surface area contributed by atoms with Crippen molar-refractivity contribution in [2.24, 2.45) is 0 Å². The van der Waals surface area contributed by atoms with Crippen molar-refractivity contribution in [3.63, 3.8) is 0 Å². The third kappa shape index (κ3) is 3.74. The van der Waals surface area contributed by atoms with Crippen LogP contribution in [0.4, 0.5) is 4.79 Å². The summed E-state index contributed by atoms with van der Waals surface area (Å²) in [4.78, 5) is 26.0. The Morgan fingerprint density at radius 2 is 2.17 bits per heavy atom. The van der Waals surface area contributed by atoms with Gasteiger partial charge in [-0.1, -0.05) is 0 Å². The maximum atomic E-state index is 11.4. The van der Waals surface area contributed by atoms with Gasteiger partial charge in [0.2, 0.25) is 5.89 Å². The Hall–Kier alpha value is -2.09. The van der Waals surface area contributed by atoms with Gasteiger partial charge in [-0.15, -0.1) is 0 Å². The minimum atomic E-state index is -1.34. The Morgan fingerprint density at radius 1 is 1.50 bits per heavy atom. The summed E-state index contributed by atoms with van der Waals surface area (Å²) in [6.45, 7) is 2.67. The first-order valence-corrected chi connectivity index (χ1v) is 5.27. The highest BCUT2D eigenvalue weighted by Gasteiger charge is 2.20. The van der Waals surface area contributed by atoms with Gasteiger partial charge in [0, 0.05) is 0 Å². The van der Waals surface area contributed by atoms with Gasteiger partial charge in [-0.3, -0.25) is 0 Å². The standard InChI is InChI=1S/C10H15N3O5/c1-5-3-11-8(18-5)6(2)12-10(17)13-7(4-14)9(15)16/h3,6-7,14H,4H2,1-2H3,(H,15,16)(H2,12,13,17)/t6?,7-/m1/s1. The molecule has 2 amide bonds. The van der Waals surface area contributed by atoms with Crippen LogP contribution < -0.4 is 10.6 Å². The van der Waals surface area contributed by atoms with Crippen LogP contribution in [0.25, 0.3) is 0 Å².